The molecule has 0 bridgehead atoms. The molecule has 4 nitrogen and oxygen atoms in total. The topological polar surface area (TPSA) is 66.4 Å². The lowest BCUT2D eigenvalue weighted by molar-refractivity contribution is -0.141. The molecule has 0 unspecified atom stereocenters. The van der Waals surface area contributed by atoms with Crippen LogP contribution in [-0.4, -0.2) is 40.8 Å². The Labute approximate surface area is 134 Å². The summed E-state index contributed by atoms with van der Waals surface area (Å²) in [6, 6.07) is 7.35. The van der Waals surface area contributed by atoms with E-state index in [4.69, 9.17) is 5.11 Å². The van der Waals surface area contributed by atoms with Gasteiger partial charge in [-0.15, -0.1) is 11.8 Å². The van der Waals surface area contributed by atoms with Crippen LogP contribution in [0.25, 0.3) is 0 Å². The van der Waals surface area contributed by atoms with Gasteiger partial charge in [-0.1, -0.05) is 29.8 Å². The molecule has 0 saturated heterocycles. The van der Waals surface area contributed by atoms with E-state index in [2.05, 4.69) is 11.4 Å². The van der Waals surface area contributed by atoms with E-state index < -0.39 is 12.0 Å². The number of rotatable bonds is 9. The van der Waals surface area contributed by atoms with Crippen LogP contribution in [0.4, 0.5) is 0 Å². The van der Waals surface area contributed by atoms with Crippen LogP contribution in [0.15, 0.2) is 24.3 Å². The number of carbonyl (C=O) groups is 2. The van der Waals surface area contributed by atoms with E-state index in [-0.39, 0.29) is 11.7 Å². The Morgan fingerprint density at radius 1 is 1.38 bits per heavy atom. The molecule has 0 spiro atoms. The molecule has 0 aromatic heterocycles. The highest BCUT2D eigenvalue weighted by Crippen LogP contribution is 2.13. The quantitative estimate of drug-likeness (QED) is 0.730. The first-order chi connectivity index (χ1) is 10.0. The Morgan fingerprint density at radius 2 is 2.14 bits per heavy atom. The number of nitrogens with one attached hydrogen (secondary N) is 1. The standard InChI is InChI=1S/C15H21NO3S2/c1-11-4-3-5-12(8-11)9-21-10-14(17)16-13(15(18)19)6-7-20-2/h3-5,8,13H,6-7,9-10H2,1-2H3,(H,16,17)(H,18,19)/t13-/m1/s1. The van der Waals surface area contributed by atoms with Gasteiger partial charge in [-0.25, -0.2) is 4.79 Å². The molecule has 116 valence electrons. The summed E-state index contributed by atoms with van der Waals surface area (Å²) in [6.07, 6.45) is 2.36. The third kappa shape index (κ3) is 7.43. The number of aliphatic carboxylic acids is 1. The van der Waals surface area contributed by atoms with Crippen molar-refractivity contribution >= 4 is 35.4 Å². The number of carbonyl (C=O) groups excluding carboxylic acids is 1. The van der Waals surface area contributed by atoms with Gasteiger partial charge >= 0.3 is 5.97 Å². The second-order valence-electron chi connectivity index (χ2n) is 4.72. The van der Waals surface area contributed by atoms with Crippen molar-refractivity contribution in [1.82, 2.24) is 5.32 Å². The average Bonchev–Trinajstić information content (AvgIpc) is 2.43. The summed E-state index contributed by atoms with van der Waals surface area (Å²) in [5.41, 5.74) is 2.37. The van der Waals surface area contributed by atoms with Gasteiger partial charge < -0.3 is 10.4 Å². The van der Waals surface area contributed by atoms with Crippen molar-refractivity contribution in [2.45, 2.75) is 25.1 Å². The lowest BCUT2D eigenvalue weighted by Gasteiger charge is -2.13. The molecule has 1 atom stereocenters. The van der Waals surface area contributed by atoms with E-state index in [1.54, 1.807) is 11.8 Å². The fraction of sp³-hybridized carbons (Fsp3) is 0.467. The number of benzene rings is 1. The van der Waals surface area contributed by atoms with Crippen LogP contribution in [0.3, 0.4) is 0 Å². The monoisotopic (exact) mass is 327 g/mol. The van der Waals surface area contributed by atoms with Gasteiger partial charge in [0, 0.05) is 5.75 Å². The Hall–Kier alpha value is -1.14. The number of aryl methyl sites for hydroxylation is 1. The van der Waals surface area contributed by atoms with Crippen molar-refractivity contribution in [3.63, 3.8) is 0 Å². The molecule has 0 aliphatic carbocycles. The lowest BCUT2D eigenvalue weighted by atomic mass is 10.2. The molecule has 0 heterocycles. The molecule has 1 rings (SSSR count). The van der Waals surface area contributed by atoms with E-state index in [1.165, 1.54) is 22.9 Å². The van der Waals surface area contributed by atoms with Gasteiger partial charge in [0.2, 0.25) is 5.91 Å². The van der Waals surface area contributed by atoms with Crippen LogP contribution < -0.4 is 5.32 Å². The summed E-state index contributed by atoms with van der Waals surface area (Å²) < 4.78 is 0. The van der Waals surface area contributed by atoms with Crippen molar-refractivity contribution in [3.8, 4) is 0 Å². The summed E-state index contributed by atoms with van der Waals surface area (Å²) in [6.45, 7) is 2.03. The maximum Gasteiger partial charge on any atom is 0.326 e. The van der Waals surface area contributed by atoms with Gasteiger partial charge in [0.25, 0.3) is 0 Å². The second kappa shape index (κ2) is 9.73. The van der Waals surface area contributed by atoms with Crippen molar-refractivity contribution in [3.05, 3.63) is 35.4 Å². The highest BCUT2D eigenvalue weighted by atomic mass is 32.2. The Bertz CT molecular complexity index is 480. The number of carboxylic acids is 1. The average molecular weight is 327 g/mol. The fourth-order valence-electron chi connectivity index (χ4n) is 1.79. The minimum absolute atomic E-state index is 0.221. The molecular formula is C15H21NO3S2. The molecule has 1 amide bonds. The summed E-state index contributed by atoms with van der Waals surface area (Å²) in [4.78, 5) is 22.8. The van der Waals surface area contributed by atoms with Gasteiger partial charge in [0.1, 0.15) is 6.04 Å². The normalized spacial score (nSPS) is 11.9. The molecule has 0 saturated carbocycles. The molecule has 6 heteroatoms. The number of carboxylic acid groups (broad SMARTS) is 1. The van der Waals surface area contributed by atoms with Crippen molar-refractivity contribution in [2.75, 3.05) is 17.8 Å². The number of hydrogen-bond donors (Lipinski definition) is 2. The maximum absolute atomic E-state index is 11.8. The van der Waals surface area contributed by atoms with E-state index in [0.717, 1.165) is 5.75 Å². The van der Waals surface area contributed by atoms with Gasteiger partial charge in [-0.2, -0.15) is 11.8 Å². The van der Waals surface area contributed by atoms with Crippen LogP contribution >= 0.6 is 23.5 Å². The summed E-state index contributed by atoms with van der Waals surface area (Å²) in [5.74, 6) is 0.546. The molecule has 0 aliphatic rings. The smallest absolute Gasteiger partial charge is 0.326 e. The fourth-order valence-corrected chi connectivity index (χ4v) is 3.05. The number of thioether (sulfide) groups is 2. The molecule has 0 radical (unpaired) electrons. The van der Waals surface area contributed by atoms with Crippen LogP contribution in [0.1, 0.15) is 17.5 Å². The highest BCUT2D eigenvalue weighted by molar-refractivity contribution is 7.99. The summed E-state index contributed by atoms with van der Waals surface area (Å²) >= 11 is 3.06. The Morgan fingerprint density at radius 3 is 2.76 bits per heavy atom. The van der Waals surface area contributed by atoms with Crippen molar-refractivity contribution in [2.24, 2.45) is 0 Å². The SMILES string of the molecule is CSCC[C@@H](NC(=O)CSCc1cccc(C)c1)C(=O)O. The molecule has 0 fully saturated rings. The van der Waals surface area contributed by atoms with E-state index in [1.807, 2.05) is 31.4 Å². The van der Waals surface area contributed by atoms with Gasteiger partial charge in [-0.05, 0) is 30.9 Å². The minimum atomic E-state index is -0.971. The summed E-state index contributed by atoms with van der Waals surface area (Å²) in [7, 11) is 0. The highest BCUT2D eigenvalue weighted by Gasteiger charge is 2.18. The van der Waals surface area contributed by atoms with Gasteiger partial charge in [-0.3, -0.25) is 4.79 Å². The predicted octanol–water partition coefficient (Wildman–Crippen LogP) is 2.55. The molecule has 1 aromatic rings. The minimum Gasteiger partial charge on any atom is -0.480 e. The van der Waals surface area contributed by atoms with E-state index in [0.29, 0.717) is 12.2 Å². The zero-order chi connectivity index (χ0) is 15.7. The van der Waals surface area contributed by atoms with Gasteiger partial charge in [0.15, 0.2) is 0 Å². The van der Waals surface area contributed by atoms with E-state index in [9.17, 15) is 9.59 Å². The summed E-state index contributed by atoms with van der Waals surface area (Å²) in [5, 5.41) is 11.6. The van der Waals surface area contributed by atoms with Crippen LogP contribution in [0, 0.1) is 6.92 Å². The number of amides is 1. The van der Waals surface area contributed by atoms with Crippen molar-refractivity contribution < 1.29 is 14.7 Å². The second-order valence-corrected chi connectivity index (χ2v) is 6.69. The number of hydrogen-bond acceptors (Lipinski definition) is 4. The Kier molecular flexibility index (Phi) is 8.30. The van der Waals surface area contributed by atoms with Gasteiger partial charge in [0.05, 0.1) is 5.75 Å². The first-order valence-corrected chi connectivity index (χ1v) is 9.22. The van der Waals surface area contributed by atoms with E-state index >= 15 is 0 Å². The lowest BCUT2D eigenvalue weighted by Crippen LogP contribution is -2.42. The maximum atomic E-state index is 11.8. The third-order valence-corrected chi connectivity index (χ3v) is 4.48. The van der Waals surface area contributed by atoms with Crippen molar-refractivity contribution in [1.29, 1.82) is 0 Å². The van der Waals surface area contributed by atoms with Crippen LogP contribution in [0.2, 0.25) is 0 Å². The zero-order valence-corrected chi connectivity index (χ0v) is 13.9. The largest absolute Gasteiger partial charge is 0.480 e. The van der Waals surface area contributed by atoms with Crippen LogP contribution in [0.5, 0.6) is 0 Å². The molecule has 0 aliphatic heterocycles. The molecule has 1 aromatic carbocycles. The van der Waals surface area contributed by atoms with Crippen LogP contribution in [-0.2, 0) is 15.3 Å². The zero-order valence-electron chi connectivity index (χ0n) is 12.3. The first-order valence-electron chi connectivity index (χ1n) is 6.67. The molecular weight excluding hydrogens is 306 g/mol. The Balaban J connectivity index is 2.34. The third-order valence-electron chi connectivity index (χ3n) is 2.83. The first kappa shape index (κ1) is 17.9. The molecule has 2 N–H and O–H groups in total. The predicted molar refractivity (Wildman–Crippen MR) is 89.9 cm³/mol. The molecule has 21 heavy (non-hydrogen) atoms.